The van der Waals surface area contributed by atoms with Crippen molar-refractivity contribution in [3.63, 3.8) is 0 Å². The minimum Gasteiger partial charge on any atom is -0.501 e. The minimum atomic E-state index is -0.538. The van der Waals surface area contributed by atoms with E-state index in [-0.39, 0.29) is 11.5 Å². The molecule has 0 amide bonds. The largest absolute Gasteiger partial charge is 0.501 e. The van der Waals surface area contributed by atoms with Crippen LogP contribution >= 0.6 is 0 Å². The Hall–Kier alpha value is -2.93. The van der Waals surface area contributed by atoms with Gasteiger partial charge in [0.1, 0.15) is 0 Å². The molecular formula is C15H11N2O2+. The maximum atomic E-state index is 12.1. The van der Waals surface area contributed by atoms with E-state index in [1.165, 1.54) is 0 Å². The van der Waals surface area contributed by atoms with E-state index >= 15 is 0 Å². The van der Waals surface area contributed by atoms with Gasteiger partial charge in [-0.1, -0.05) is 60.7 Å². The van der Waals surface area contributed by atoms with Crippen LogP contribution in [0.3, 0.4) is 0 Å². The Morgan fingerprint density at radius 2 is 1.37 bits per heavy atom. The molecule has 4 heteroatoms. The molecule has 0 saturated carbocycles. The van der Waals surface area contributed by atoms with Crippen molar-refractivity contribution < 1.29 is 9.90 Å². The molecule has 0 heterocycles. The number of allylic oxidation sites excluding steroid dienone is 1. The van der Waals surface area contributed by atoms with Gasteiger partial charge in [-0.3, -0.25) is 4.79 Å². The number of benzene rings is 2. The average molecular weight is 251 g/mol. The summed E-state index contributed by atoms with van der Waals surface area (Å²) in [5.41, 5.74) is 0.384. The quantitative estimate of drug-likeness (QED) is 0.392. The minimum absolute atomic E-state index is 0.345. The van der Waals surface area contributed by atoms with E-state index < -0.39 is 5.78 Å². The molecule has 2 rings (SSSR count). The molecule has 2 aromatic rings. The number of carbonyl (C=O) groups is 1. The van der Waals surface area contributed by atoms with Gasteiger partial charge in [-0.05, 0) is 0 Å². The predicted molar refractivity (Wildman–Crippen MR) is 71.8 cm³/mol. The second-order valence-electron chi connectivity index (χ2n) is 3.86. The smallest absolute Gasteiger partial charge is 0.473 e. The fraction of sp³-hybridized carbons (Fsp3) is 0. The van der Waals surface area contributed by atoms with Crippen molar-refractivity contribution in [1.29, 1.82) is 5.39 Å². The number of rotatable bonds is 3. The summed E-state index contributed by atoms with van der Waals surface area (Å²) in [6, 6.07) is 16.8. The first-order valence-corrected chi connectivity index (χ1v) is 5.67. The molecule has 92 valence electrons. The molecule has 0 radical (unpaired) electrons. The van der Waals surface area contributed by atoms with Crippen LogP contribution in [0, 0.1) is 5.39 Å². The molecule has 0 bridgehead atoms. The SMILES string of the molecule is N#[N+]/C(C(=O)c1ccccc1)=C(/O)c1ccccc1. The highest BCUT2D eigenvalue weighted by molar-refractivity contribution is 6.13. The van der Waals surface area contributed by atoms with Gasteiger partial charge < -0.3 is 5.11 Å². The molecule has 0 aliphatic rings. The third-order valence-electron chi connectivity index (χ3n) is 2.62. The third kappa shape index (κ3) is 2.67. The first kappa shape index (κ1) is 12.5. The normalized spacial score (nSPS) is 11.3. The molecule has 1 N–H and O–H groups in total. The summed E-state index contributed by atoms with van der Waals surface area (Å²) < 4.78 is 0. The Morgan fingerprint density at radius 1 is 0.895 bits per heavy atom. The van der Waals surface area contributed by atoms with Gasteiger partial charge in [-0.2, -0.15) is 0 Å². The van der Waals surface area contributed by atoms with Crippen LogP contribution in [0.25, 0.3) is 10.7 Å². The van der Waals surface area contributed by atoms with Crippen LogP contribution in [0.1, 0.15) is 15.9 Å². The van der Waals surface area contributed by atoms with Gasteiger partial charge in [-0.25, -0.2) is 0 Å². The van der Waals surface area contributed by atoms with Gasteiger partial charge in [-0.15, -0.1) is 0 Å². The van der Waals surface area contributed by atoms with Gasteiger partial charge in [0, 0.05) is 11.1 Å². The standard InChI is InChI=1S/C15H10N2O2/c16-17-13(14(18)11-7-3-1-4-8-11)15(19)12-9-5-2-6-10-12/h1-10H/p+1. The molecule has 0 atom stereocenters. The number of aliphatic hydroxyl groups is 1. The summed E-state index contributed by atoms with van der Waals surface area (Å²) in [5.74, 6) is -0.888. The van der Waals surface area contributed by atoms with Crippen LogP contribution in [-0.2, 0) is 0 Å². The van der Waals surface area contributed by atoms with Crippen LogP contribution in [0.4, 0.5) is 0 Å². The van der Waals surface area contributed by atoms with Crippen LogP contribution in [0.2, 0.25) is 0 Å². The van der Waals surface area contributed by atoms with Crippen LogP contribution < -0.4 is 0 Å². The summed E-state index contributed by atoms with van der Waals surface area (Å²) in [5, 5.41) is 19.0. The molecule has 19 heavy (non-hydrogen) atoms. The molecule has 0 fully saturated rings. The maximum absolute atomic E-state index is 12.1. The van der Waals surface area contributed by atoms with Gasteiger partial charge in [0.05, 0.1) is 0 Å². The van der Waals surface area contributed by atoms with Crippen molar-refractivity contribution in [3.05, 3.63) is 82.5 Å². The number of Topliss-reactive ketones (excluding diaryl/α,β-unsaturated/α-hetero) is 1. The van der Waals surface area contributed by atoms with Crippen LogP contribution in [0.5, 0.6) is 0 Å². The molecule has 0 aromatic heterocycles. The molecule has 0 unspecified atom stereocenters. The van der Waals surface area contributed by atoms with E-state index in [1.54, 1.807) is 60.7 Å². The second kappa shape index (κ2) is 5.61. The highest BCUT2D eigenvalue weighted by Gasteiger charge is 2.30. The van der Waals surface area contributed by atoms with E-state index in [0.717, 1.165) is 0 Å². The highest BCUT2D eigenvalue weighted by atomic mass is 16.3. The molecule has 0 spiro atoms. The van der Waals surface area contributed by atoms with Crippen LogP contribution in [-0.4, -0.2) is 10.9 Å². The second-order valence-corrected chi connectivity index (χ2v) is 3.86. The van der Waals surface area contributed by atoms with Crippen molar-refractivity contribution in [2.75, 3.05) is 0 Å². The van der Waals surface area contributed by atoms with E-state index in [9.17, 15) is 9.90 Å². The van der Waals surface area contributed by atoms with E-state index in [4.69, 9.17) is 5.39 Å². The van der Waals surface area contributed by atoms with Gasteiger partial charge in [0.2, 0.25) is 11.2 Å². The number of ketones is 1. The van der Waals surface area contributed by atoms with Crippen molar-refractivity contribution in [2.24, 2.45) is 0 Å². The number of nitrogens with zero attached hydrogens (tertiary/aromatic N) is 2. The molecular weight excluding hydrogens is 240 g/mol. The topological polar surface area (TPSA) is 65.5 Å². The Bertz CT molecular complexity index is 656. The van der Waals surface area contributed by atoms with Gasteiger partial charge in [0.25, 0.3) is 5.78 Å². The predicted octanol–water partition coefficient (Wildman–Crippen LogP) is 3.65. The van der Waals surface area contributed by atoms with Crippen molar-refractivity contribution in [2.45, 2.75) is 0 Å². The fourth-order valence-corrected chi connectivity index (χ4v) is 1.66. The van der Waals surface area contributed by atoms with Gasteiger partial charge in [0.15, 0.2) is 4.98 Å². The molecule has 0 aliphatic heterocycles. The summed E-state index contributed by atoms with van der Waals surface area (Å²) >= 11 is 0. The fourth-order valence-electron chi connectivity index (χ4n) is 1.66. The number of hydrogen-bond donors (Lipinski definition) is 1. The molecule has 2 aromatic carbocycles. The first-order valence-electron chi connectivity index (χ1n) is 5.67. The number of aliphatic hydroxyl groups excluding tert-OH is 1. The lowest BCUT2D eigenvalue weighted by Crippen LogP contribution is -2.03. The lowest BCUT2D eigenvalue weighted by molar-refractivity contribution is 0.103. The molecule has 4 nitrogen and oxygen atoms in total. The Balaban J connectivity index is 2.46. The van der Waals surface area contributed by atoms with Gasteiger partial charge >= 0.3 is 5.70 Å². The third-order valence-corrected chi connectivity index (χ3v) is 2.62. The number of carbonyl (C=O) groups excluding carboxylic acids is 1. The number of hydrogen-bond acceptors (Lipinski definition) is 3. The maximum Gasteiger partial charge on any atom is 0.473 e. The Labute approximate surface area is 110 Å². The highest BCUT2D eigenvalue weighted by Crippen LogP contribution is 2.20. The molecule has 0 aliphatic carbocycles. The van der Waals surface area contributed by atoms with Crippen molar-refractivity contribution in [1.82, 2.24) is 0 Å². The van der Waals surface area contributed by atoms with E-state index in [0.29, 0.717) is 11.1 Å². The lowest BCUT2D eigenvalue weighted by atomic mass is 10.1. The monoisotopic (exact) mass is 251 g/mol. The van der Waals surface area contributed by atoms with E-state index in [2.05, 4.69) is 4.98 Å². The zero-order chi connectivity index (χ0) is 13.7. The zero-order valence-corrected chi connectivity index (χ0v) is 10.0. The average Bonchev–Trinajstić information content (AvgIpc) is 2.49. The summed E-state index contributed by atoms with van der Waals surface area (Å²) in [7, 11) is 0. The zero-order valence-electron chi connectivity index (χ0n) is 10.0. The summed E-state index contributed by atoms with van der Waals surface area (Å²) in [6.45, 7) is 0. The summed E-state index contributed by atoms with van der Waals surface area (Å²) in [6.07, 6.45) is 0. The van der Waals surface area contributed by atoms with Crippen molar-refractivity contribution >= 4 is 11.5 Å². The lowest BCUT2D eigenvalue weighted by Gasteiger charge is -1.97. The van der Waals surface area contributed by atoms with Crippen LogP contribution in [0.15, 0.2) is 66.4 Å². The summed E-state index contributed by atoms with van der Waals surface area (Å²) in [4.78, 5) is 15.0. The van der Waals surface area contributed by atoms with Crippen molar-refractivity contribution in [3.8, 4) is 0 Å². The Morgan fingerprint density at radius 3 is 1.84 bits per heavy atom. The molecule has 0 saturated heterocycles. The van der Waals surface area contributed by atoms with E-state index in [1.807, 2.05) is 0 Å². The number of diazo groups is 1. The Kier molecular flexibility index (Phi) is 3.70. The first-order chi connectivity index (χ1) is 9.24.